The Labute approximate surface area is 243 Å². The Morgan fingerprint density at radius 2 is 1.77 bits per heavy atom. The average Bonchev–Trinajstić information content (AvgIpc) is 3.17. The second kappa shape index (κ2) is 10.6. The Morgan fingerprint density at radius 1 is 1.07 bits per heavy atom. The number of rotatable bonds is 4. The van der Waals surface area contributed by atoms with E-state index in [9.17, 15) is 14.7 Å². The number of aryl methyl sites for hydroxylation is 1. The fraction of sp³-hybridized carbons (Fsp3) is 0.400. The third kappa shape index (κ3) is 5.34. The van der Waals surface area contributed by atoms with E-state index in [0.717, 1.165) is 24.8 Å². The van der Waals surface area contributed by atoms with E-state index < -0.39 is 17.7 Å². The predicted octanol–water partition coefficient (Wildman–Crippen LogP) is 6.87. The maximum atomic E-state index is 12.8. The second-order valence-corrected chi connectivity index (χ2v) is 12.3. The van der Waals surface area contributed by atoms with E-state index in [1.165, 1.54) is 5.56 Å². The number of hydrogen-bond donors (Lipinski definition) is 2. The molecule has 2 heterocycles. The summed E-state index contributed by atoms with van der Waals surface area (Å²) in [7, 11) is 0. The highest BCUT2D eigenvalue weighted by Crippen LogP contribution is 2.52. The highest BCUT2D eigenvalue weighted by Gasteiger charge is 2.49. The lowest BCUT2D eigenvalue weighted by molar-refractivity contribution is 0.0427. The molecule has 1 aliphatic carbocycles. The molecule has 0 radical (unpaired) electrons. The summed E-state index contributed by atoms with van der Waals surface area (Å²) < 4.78 is 5.60. The molecule has 10 heteroatoms. The standard InChI is InChI=1S/C30H32Cl2N4O4/c1-17-22(20-10-7-11-21(31)23(20)32)24(26(37)38)34-27(33-17)36-14-12-30(13-15-36)16-18-8-5-6-9-19(18)25(30)35-28(39)40-29(2,3)4/h5-11,25H,12-16H2,1-4H3,(H,35,39)(H,37,38)/t25-/m1/s1. The van der Waals surface area contributed by atoms with Crippen molar-refractivity contribution in [1.29, 1.82) is 0 Å². The first-order valence-corrected chi connectivity index (χ1v) is 14.0. The van der Waals surface area contributed by atoms with Crippen LogP contribution >= 0.6 is 23.2 Å². The van der Waals surface area contributed by atoms with Gasteiger partial charge in [0.1, 0.15) is 5.60 Å². The first-order valence-electron chi connectivity index (χ1n) is 13.3. The molecule has 1 atom stereocenters. The van der Waals surface area contributed by atoms with Gasteiger partial charge in [0.05, 0.1) is 21.8 Å². The number of carbonyl (C=O) groups excluding carboxylic acids is 1. The summed E-state index contributed by atoms with van der Waals surface area (Å²) in [5.41, 5.74) is 2.75. The Morgan fingerprint density at radius 3 is 2.45 bits per heavy atom. The number of benzene rings is 2. The molecule has 210 valence electrons. The van der Waals surface area contributed by atoms with E-state index in [1.807, 2.05) is 37.8 Å². The molecule has 1 fully saturated rings. The molecule has 1 spiro atoms. The van der Waals surface area contributed by atoms with Crippen molar-refractivity contribution in [3.63, 3.8) is 0 Å². The minimum absolute atomic E-state index is 0.121. The summed E-state index contributed by atoms with van der Waals surface area (Å²) in [5.74, 6) is -0.807. The number of piperidine rings is 1. The lowest BCUT2D eigenvalue weighted by atomic mass is 9.73. The van der Waals surface area contributed by atoms with E-state index in [0.29, 0.717) is 40.9 Å². The second-order valence-electron chi connectivity index (χ2n) is 11.5. The molecule has 0 bridgehead atoms. The molecule has 1 saturated heterocycles. The zero-order valence-corrected chi connectivity index (χ0v) is 24.4. The first kappa shape index (κ1) is 28.2. The fourth-order valence-corrected chi connectivity index (χ4v) is 6.33. The number of nitrogens with zero attached hydrogens (tertiary/aromatic N) is 3. The number of amides is 1. The molecule has 2 N–H and O–H groups in total. The molecule has 8 nitrogen and oxygen atoms in total. The molecule has 2 aromatic carbocycles. The van der Waals surface area contributed by atoms with Gasteiger partial charge in [-0.1, -0.05) is 59.6 Å². The average molecular weight is 584 g/mol. The normalized spacial score (nSPS) is 17.9. The molecule has 0 saturated carbocycles. The minimum atomic E-state index is -1.17. The molecular weight excluding hydrogens is 551 g/mol. The van der Waals surface area contributed by atoms with Crippen LogP contribution in [0, 0.1) is 12.3 Å². The van der Waals surface area contributed by atoms with Crippen molar-refractivity contribution in [2.75, 3.05) is 18.0 Å². The van der Waals surface area contributed by atoms with Crippen molar-refractivity contribution in [2.45, 2.75) is 58.6 Å². The van der Waals surface area contributed by atoms with E-state index in [4.69, 9.17) is 32.9 Å². The summed E-state index contributed by atoms with van der Waals surface area (Å²) in [6, 6.07) is 13.1. The van der Waals surface area contributed by atoms with Gasteiger partial charge < -0.3 is 20.1 Å². The van der Waals surface area contributed by atoms with Crippen LogP contribution in [0.3, 0.4) is 0 Å². The number of alkyl carbamates (subject to hydrolysis) is 1. The number of ether oxygens (including phenoxy) is 1. The van der Waals surface area contributed by atoms with Crippen LogP contribution in [-0.4, -0.2) is 45.8 Å². The number of nitrogens with one attached hydrogen (secondary N) is 1. The smallest absolute Gasteiger partial charge is 0.408 e. The summed E-state index contributed by atoms with van der Waals surface area (Å²) in [6.07, 6.45) is 1.92. The largest absolute Gasteiger partial charge is 0.476 e. The summed E-state index contributed by atoms with van der Waals surface area (Å²) >= 11 is 12.6. The molecule has 1 amide bonds. The summed E-state index contributed by atoms with van der Waals surface area (Å²) in [5, 5.41) is 13.8. The number of carbonyl (C=O) groups is 2. The number of aromatic carboxylic acids is 1. The van der Waals surface area contributed by atoms with Gasteiger partial charge >= 0.3 is 12.1 Å². The van der Waals surface area contributed by atoms with Gasteiger partial charge in [0.2, 0.25) is 5.95 Å². The molecule has 1 aromatic heterocycles. The van der Waals surface area contributed by atoms with Gasteiger partial charge in [-0.15, -0.1) is 0 Å². The van der Waals surface area contributed by atoms with E-state index in [1.54, 1.807) is 25.1 Å². The molecule has 40 heavy (non-hydrogen) atoms. The lowest BCUT2D eigenvalue weighted by Gasteiger charge is -2.43. The molecule has 3 aromatic rings. The summed E-state index contributed by atoms with van der Waals surface area (Å²) in [4.78, 5) is 36.4. The Balaban J connectivity index is 1.42. The molecule has 5 rings (SSSR count). The zero-order valence-electron chi connectivity index (χ0n) is 22.9. The van der Waals surface area contributed by atoms with Crippen molar-refractivity contribution < 1.29 is 19.4 Å². The quantitative estimate of drug-likeness (QED) is 0.346. The van der Waals surface area contributed by atoms with E-state index in [-0.39, 0.29) is 22.2 Å². The predicted molar refractivity (Wildman–Crippen MR) is 155 cm³/mol. The van der Waals surface area contributed by atoms with Gasteiger partial charge in [-0.05, 0) is 64.2 Å². The fourth-order valence-electron chi connectivity index (χ4n) is 5.94. The molecule has 0 unspecified atom stereocenters. The minimum Gasteiger partial charge on any atom is -0.476 e. The topological polar surface area (TPSA) is 105 Å². The third-order valence-electron chi connectivity index (χ3n) is 7.73. The van der Waals surface area contributed by atoms with Crippen molar-refractivity contribution in [3.8, 4) is 11.1 Å². The van der Waals surface area contributed by atoms with Gasteiger partial charge in [0, 0.05) is 29.6 Å². The number of anilines is 1. The lowest BCUT2D eigenvalue weighted by Crippen LogP contribution is -2.48. The van der Waals surface area contributed by atoms with Crippen molar-refractivity contribution in [1.82, 2.24) is 15.3 Å². The van der Waals surface area contributed by atoms with Crippen LogP contribution in [0.1, 0.15) is 67.0 Å². The van der Waals surface area contributed by atoms with E-state index >= 15 is 0 Å². The van der Waals surface area contributed by atoms with Crippen molar-refractivity contribution in [3.05, 3.63) is 75.0 Å². The number of halogens is 2. The van der Waals surface area contributed by atoms with Crippen LogP contribution in [0.15, 0.2) is 42.5 Å². The SMILES string of the molecule is Cc1nc(N2CCC3(CC2)Cc2ccccc2[C@H]3NC(=O)OC(C)(C)C)nc(C(=O)O)c1-c1cccc(Cl)c1Cl. The van der Waals surface area contributed by atoms with Crippen LogP contribution in [0.2, 0.25) is 10.0 Å². The maximum absolute atomic E-state index is 12.8. The van der Waals surface area contributed by atoms with Crippen LogP contribution in [0.4, 0.5) is 10.7 Å². The highest BCUT2D eigenvalue weighted by molar-refractivity contribution is 6.43. The zero-order chi connectivity index (χ0) is 28.8. The van der Waals surface area contributed by atoms with Crippen LogP contribution in [0.5, 0.6) is 0 Å². The van der Waals surface area contributed by atoms with Gasteiger partial charge in [0.25, 0.3) is 0 Å². The van der Waals surface area contributed by atoms with Crippen LogP contribution in [0.25, 0.3) is 11.1 Å². The van der Waals surface area contributed by atoms with Crippen molar-refractivity contribution >= 4 is 41.2 Å². The number of fused-ring (bicyclic) bond motifs is 1. The Hall–Kier alpha value is -3.36. The number of aromatic nitrogens is 2. The maximum Gasteiger partial charge on any atom is 0.408 e. The number of carboxylic acid groups (broad SMARTS) is 1. The Kier molecular flexibility index (Phi) is 7.44. The van der Waals surface area contributed by atoms with E-state index in [2.05, 4.69) is 22.4 Å². The molecule has 1 aliphatic heterocycles. The molecular formula is C30H32Cl2N4O4. The number of hydrogen-bond acceptors (Lipinski definition) is 6. The third-order valence-corrected chi connectivity index (χ3v) is 8.54. The molecule has 2 aliphatic rings. The summed E-state index contributed by atoms with van der Waals surface area (Å²) in [6.45, 7) is 8.52. The monoisotopic (exact) mass is 582 g/mol. The van der Waals surface area contributed by atoms with Gasteiger partial charge in [0.15, 0.2) is 5.69 Å². The number of carboxylic acids is 1. The highest BCUT2D eigenvalue weighted by atomic mass is 35.5. The van der Waals surface area contributed by atoms with Crippen LogP contribution < -0.4 is 10.2 Å². The van der Waals surface area contributed by atoms with Gasteiger partial charge in [-0.3, -0.25) is 0 Å². The van der Waals surface area contributed by atoms with Crippen molar-refractivity contribution in [2.24, 2.45) is 5.41 Å². The van der Waals surface area contributed by atoms with Gasteiger partial charge in [-0.25, -0.2) is 19.6 Å². The first-order chi connectivity index (χ1) is 18.9. The Bertz CT molecular complexity index is 1480. The van der Waals surface area contributed by atoms with Crippen LogP contribution in [-0.2, 0) is 11.2 Å². The van der Waals surface area contributed by atoms with Gasteiger partial charge in [-0.2, -0.15) is 0 Å².